The van der Waals surface area contributed by atoms with E-state index in [1.165, 1.54) is 13.8 Å². The molecular formula is C14H14Cl2F3N4O5P. The molecule has 0 radical (unpaired) electrons. The van der Waals surface area contributed by atoms with Crippen molar-refractivity contribution in [3.8, 4) is 5.69 Å². The van der Waals surface area contributed by atoms with E-state index < -0.39 is 46.0 Å². The van der Waals surface area contributed by atoms with Gasteiger partial charge in [0.1, 0.15) is 11.9 Å². The van der Waals surface area contributed by atoms with Gasteiger partial charge < -0.3 is 0 Å². The van der Waals surface area contributed by atoms with Crippen molar-refractivity contribution in [2.24, 2.45) is 0 Å². The molecule has 0 aliphatic heterocycles. The van der Waals surface area contributed by atoms with Crippen LogP contribution in [0.25, 0.3) is 5.69 Å². The number of aromatic nitrogens is 2. The van der Waals surface area contributed by atoms with Gasteiger partial charge in [-0.2, -0.15) is 18.3 Å². The fourth-order valence-corrected chi connectivity index (χ4v) is 4.25. The minimum atomic E-state index is -4.72. The third kappa shape index (κ3) is 5.20. The van der Waals surface area contributed by atoms with Crippen LogP contribution < -0.4 is 5.09 Å². The highest BCUT2D eigenvalue weighted by molar-refractivity contribution is 7.55. The Morgan fingerprint density at radius 2 is 1.76 bits per heavy atom. The van der Waals surface area contributed by atoms with E-state index in [0.717, 1.165) is 10.9 Å². The average Bonchev–Trinajstić information content (AvgIpc) is 2.97. The number of hydrogen-bond donors (Lipinski definition) is 1. The van der Waals surface area contributed by atoms with Crippen molar-refractivity contribution in [2.45, 2.75) is 20.0 Å². The number of halogens is 5. The van der Waals surface area contributed by atoms with E-state index in [2.05, 4.69) is 10.2 Å². The third-order valence-electron chi connectivity index (χ3n) is 3.34. The molecule has 2 rings (SSSR count). The number of nitrogens with one attached hydrogen (secondary N) is 1. The summed E-state index contributed by atoms with van der Waals surface area (Å²) < 4.78 is 62.4. The molecule has 0 amide bonds. The maximum Gasteiger partial charge on any atom is 0.434 e. The summed E-state index contributed by atoms with van der Waals surface area (Å²) in [5.41, 5.74) is -2.07. The second kappa shape index (κ2) is 8.88. The lowest BCUT2D eigenvalue weighted by Crippen LogP contribution is -2.12. The minimum Gasteiger partial charge on any atom is -0.293 e. The van der Waals surface area contributed by atoms with Gasteiger partial charge in [0.25, 0.3) is 0 Å². The molecule has 1 aromatic heterocycles. The maximum absolute atomic E-state index is 13.0. The summed E-state index contributed by atoms with van der Waals surface area (Å²) in [4.78, 5) is 10.5. The van der Waals surface area contributed by atoms with Crippen LogP contribution in [0.3, 0.4) is 0 Å². The molecule has 0 fully saturated rings. The summed E-state index contributed by atoms with van der Waals surface area (Å²) in [6.07, 6.45) is -3.93. The first-order chi connectivity index (χ1) is 13.4. The Kier molecular flexibility index (Phi) is 7.18. The quantitative estimate of drug-likeness (QED) is 0.295. The first-order valence-electron chi connectivity index (χ1n) is 7.90. The van der Waals surface area contributed by atoms with E-state index in [9.17, 15) is 27.9 Å². The number of rotatable bonds is 8. The van der Waals surface area contributed by atoms with Crippen molar-refractivity contribution in [1.82, 2.24) is 9.78 Å². The molecular weight excluding hydrogens is 463 g/mol. The second-order valence-electron chi connectivity index (χ2n) is 5.28. The lowest BCUT2D eigenvalue weighted by Gasteiger charge is -2.19. The highest BCUT2D eigenvalue weighted by Gasteiger charge is 2.35. The molecule has 0 aliphatic carbocycles. The van der Waals surface area contributed by atoms with Gasteiger partial charge in [-0.3, -0.25) is 24.2 Å². The van der Waals surface area contributed by atoms with Crippen LogP contribution in [0.1, 0.15) is 19.4 Å². The van der Waals surface area contributed by atoms with Crippen molar-refractivity contribution in [3.63, 3.8) is 0 Å². The number of nitrogens with zero attached hydrogens (tertiary/aromatic N) is 3. The van der Waals surface area contributed by atoms with E-state index in [0.29, 0.717) is 12.1 Å². The second-order valence-corrected chi connectivity index (χ2v) is 7.83. The Hall–Kier alpha value is -1.85. The first kappa shape index (κ1) is 23.4. The van der Waals surface area contributed by atoms with Crippen LogP contribution in [0.5, 0.6) is 0 Å². The van der Waals surface area contributed by atoms with Crippen LogP contribution >= 0.6 is 30.9 Å². The zero-order valence-corrected chi connectivity index (χ0v) is 17.3. The number of benzene rings is 1. The zero-order chi connectivity index (χ0) is 22.0. The van der Waals surface area contributed by atoms with Crippen LogP contribution in [0.2, 0.25) is 10.0 Å². The third-order valence-corrected chi connectivity index (χ3v) is 5.60. The summed E-state index contributed by atoms with van der Waals surface area (Å²) >= 11 is 11.9. The molecule has 29 heavy (non-hydrogen) atoms. The number of hydrogen-bond acceptors (Lipinski definition) is 6. The monoisotopic (exact) mass is 476 g/mol. The van der Waals surface area contributed by atoms with Crippen LogP contribution in [-0.4, -0.2) is 27.9 Å². The fourth-order valence-electron chi connectivity index (χ4n) is 2.25. The lowest BCUT2D eigenvalue weighted by atomic mass is 10.2. The van der Waals surface area contributed by atoms with Gasteiger partial charge in [-0.1, -0.05) is 23.2 Å². The Bertz CT molecular complexity index is 936. The van der Waals surface area contributed by atoms with Crippen LogP contribution in [0.15, 0.2) is 18.3 Å². The molecule has 0 atom stereocenters. The number of alkyl halides is 3. The van der Waals surface area contributed by atoms with Crippen molar-refractivity contribution >= 4 is 42.5 Å². The van der Waals surface area contributed by atoms with E-state index in [-0.39, 0.29) is 18.9 Å². The Morgan fingerprint density at radius 1 is 1.24 bits per heavy atom. The van der Waals surface area contributed by atoms with E-state index in [4.69, 9.17) is 32.2 Å². The SMILES string of the molecule is CCOP(=O)(Nc1c([N+](=O)[O-])cnn1-c1c(Cl)cc(C(F)(F)F)cc1Cl)OCC. The molecule has 2 aromatic rings. The van der Waals surface area contributed by atoms with Crippen molar-refractivity contribution in [2.75, 3.05) is 18.3 Å². The predicted octanol–water partition coefficient (Wildman–Crippen LogP) is 5.70. The minimum absolute atomic E-state index is 0.0615. The van der Waals surface area contributed by atoms with Crippen LogP contribution in [-0.2, 0) is 19.8 Å². The molecule has 0 aliphatic rings. The lowest BCUT2D eigenvalue weighted by molar-refractivity contribution is -0.384. The molecule has 9 nitrogen and oxygen atoms in total. The Balaban J connectivity index is 2.67. The van der Waals surface area contributed by atoms with Gasteiger partial charge in [0.2, 0.25) is 5.82 Å². The molecule has 0 bridgehead atoms. The van der Waals surface area contributed by atoms with Gasteiger partial charge in [0, 0.05) is 0 Å². The zero-order valence-electron chi connectivity index (χ0n) is 14.9. The Morgan fingerprint density at radius 3 is 2.17 bits per heavy atom. The number of nitro groups is 1. The van der Waals surface area contributed by atoms with Gasteiger partial charge >= 0.3 is 19.6 Å². The standard InChI is InChI=1S/C14H14Cl2F3N4O5P/c1-3-27-29(26,28-4-2)21-13-11(23(24)25)7-20-22(13)12-9(15)5-8(6-10(12)16)14(17,18)19/h5-7H,3-4H2,1-2H3,(H,21,26). The van der Waals surface area contributed by atoms with Gasteiger partial charge in [-0.05, 0) is 26.0 Å². The topological polar surface area (TPSA) is 109 Å². The van der Waals surface area contributed by atoms with Gasteiger partial charge in [-0.25, -0.2) is 9.25 Å². The Labute approximate surface area is 172 Å². The number of anilines is 1. The molecule has 1 aromatic carbocycles. The molecule has 1 N–H and O–H groups in total. The summed E-state index contributed by atoms with van der Waals surface area (Å²) in [7, 11) is -4.07. The molecule has 0 saturated heterocycles. The normalized spacial score (nSPS) is 12.2. The van der Waals surface area contributed by atoms with Crippen LogP contribution in [0.4, 0.5) is 24.7 Å². The molecule has 0 unspecified atom stereocenters. The summed E-state index contributed by atoms with van der Waals surface area (Å²) in [5, 5.41) is 16.4. The van der Waals surface area contributed by atoms with Crippen molar-refractivity contribution in [3.05, 3.63) is 44.1 Å². The average molecular weight is 477 g/mol. The van der Waals surface area contributed by atoms with Crippen LogP contribution in [0, 0.1) is 10.1 Å². The largest absolute Gasteiger partial charge is 0.434 e. The van der Waals surface area contributed by atoms with Gasteiger partial charge in [0.05, 0.1) is 33.7 Å². The molecule has 0 spiro atoms. The highest BCUT2D eigenvalue weighted by Crippen LogP contribution is 2.50. The van der Waals surface area contributed by atoms with Crippen molar-refractivity contribution < 1.29 is 31.7 Å². The summed E-state index contributed by atoms with van der Waals surface area (Å²) in [5.74, 6) is -0.496. The smallest absolute Gasteiger partial charge is 0.293 e. The molecule has 0 saturated carbocycles. The van der Waals surface area contributed by atoms with E-state index in [1.807, 2.05) is 0 Å². The van der Waals surface area contributed by atoms with Gasteiger partial charge in [-0.15, -0.1) is 0 Å². The molecule has 15 heteroatoms. The maximum atomic E-state index is 13.0. The fraction of sp³-hybridized carbons (Fsp3) is 0.357. The predicted molar refractivity (Wildman–Crippen MR) is 99.7 cm³/mol. The summed E-state index contributed by atoms with van der Waals surface area (Å²) in [6, 6.07) is 1.18. The first-order valence-corrected chi connectivity index (χ1v) is 10.2. The summed E-state index contributed by atoms with van der Waals surface area (Å²) in [6.45, 7) is 2.91. The van der Waals surface area contributed by atoms with E-state index >= 15 is 0 Å². The highest BCUT2D eigenvalue weighted by atomic mass is 35.5. The van der Waals surface area contributed by atoms with E-state index in [1.54, 1.807) is 0 Å². The van der Waals surface area contributed by atoms with Crippen molar-refractivity contribution in [1.29, 1.82) is 0 Å². The molecule has 160 valence electrons. The molecule has 1 heterocycles. The van der Waals surface area contributed by atoms with Gasteiger partial charge in [0.15, 0.2) is 0 Å².